The number of hydrogen-bond donors (Lipinski definition) is 5. The first-order chi connectivity index (χ1) is 15.6. The van der Waals surface area contributed by atoms with Gasteiger partial charge < -0.3 is 26.0 Å². The maximum atomic E-state index is 10.5. The van der Waals surface area contributed by atoms with Crippen LogP contribution in [-0.2, 0) is 0 Å². The van der Waals surface area contributed by atoms with E-state index in [1.54, 1.807) is 37.3 Å². The average molecular weight is 454 g/mol. The summed E-state index contributed by atoms with van der Waals surface area (Å²) in [7, 11) is 0. The van der Waals surface area contributed by atoms with Gasteiger partial charge >= 0.3 is 0 Å². The van der Waals surface area contributed by atoms with Crippen LogP contribution in [0.1, 0.15) is 6.42 Å². The fraction of sp³-hybridized carbons (Fsp3) is 0.300. The Morgan fingerprint density at radius 3 is 2.78 bits per heavy atom. The predicted octanol–water partition coefficient (Wildman–Crippen LogP) is 0.615. The SMILES string of the molecule is OC[C@H]1C[C@@H](Nc2nc(Nc3cnc[nH+]c3)ncc2-c2nc3ccncc3s2)[C@H](O)[C@@H]1O. The van der Waals surface area contributed by atoms with Gasteiger partial charge in [-0.3, -0.25) is 4.98 Å². The second kappa shape index (κ2) is 8.67. The molecule has 1 fully saturated rings. The Bertz CT molecular complexity index is 1190. The van der Waals surface area contributed by atoms with Gasteiger partial charge in [-0.1, -0.05) is 4.98 Å². The molecule has 4 heterocycles. The summed E-state index contributed by atoms with van der Waals surface area (Å²) in [5.74, 6) is 0.370. The Morgan fingerprint density at radius 1 is 1.12 bits per heavy atom. The molecule has 0 unspecified atom stereocenters. The number of rotatable bonds is 6. The van der Waals surface area contributed by atoms with Gasteiger partial charge in [-0.15, -0.1) is 11.3 Å². The number of pyridine rings is 1. The molecule has 0 amide bonds. The third-order valence-electron chi connectivity index (χ3n) is 5.43. The molecule has 6 N–H and O–H groups in total. The normalized spacial score (nSPS) is 22.8. The van der Waals surface area contributed by atoms with Gasteiger partial charge in [0.1, 0.15) is 28.8 Å². The molecule has 0 aliphatic heterocycles. The van der Waals surface area contributed by atoms with Crippen molar-refractivity contribution in [3.8, 4) is 10.6 Å². The summed E-state index contributed by atoms with van der Waals surface area (Å²) in [5, 5.41) is 37.2. The number of thiazole rings is 1. The summed E-state index contributed by atoms with van der Waals surface area (Å²) in [6.45, 7) is -0.206. The minimum atomic E-state index is -1.04. The van der Waals surface area contributed by atoms with Gasteiger partial charge in [-0.25, -0.2) is 15.0 Å². The Morgan fingerprint density at radius 2 is 2.03 bits per heavy atom. The second-order valence-electron chi connectivity index (χ2n) is 7.53. The molecule has 4 aromatic rings. The minimum Gasteiger partial charge on any atom is -0.396 e. The molecule has 0 aromatic carbocycles. The quantitative estimate of drug-likeness (QED) is 0.279. The van der Waals surface area contributed by atoms with Crippen LogP contribution in [0.25, 0.3) is 20.8 Å². The summed E-state index contributed by atoms with van der Waals surface area (Å²) in [5.41, 5.74) is 2.15. The number of aromatic amines is 1. The zero-order chi connectivity index (χ0) is 22.1. The fourth-order valence-corrected chi connectivity index (χ4v) is 4.69. The van der Waals surface area contributed by atoms with E-state index in [4.69, 9.17) is 0 Å². The van der Waals surface area contributed by atoms with Crippen molar-refractivity contribution in [3.05, 3.63) is 43.4 Å². The topological polar surface area (TPSA) is 163 Å². The lowest BCUT2D eigenvalue weighted by Gasteiger charge is -2.20. The molecule has 164 valence electrons. The van der Waals surface area contributed by atoms with Crippen molar-refractivity contribution >= 4 is 39.0 Å². The Balaban J connectivity index is 1.52. The molecule has 1 saturated carbocycles. The molecule has 0 spiro atoms. The number of nitrogens with one attached hydrogen (secondary N) is 3. The summed E-state index contributed by atoms with van der Waals surface area (Å²) in [6.07, 6.45) is 8.34. The largest absolute Gasteiger partial charge is 0.396 e. The maximum absolute atomic E-state index is 10.5. The molecule has 0 bridgehead atoms. The number of hydrogen-bond acceptors (Lipinski definition) is 11. The van der Waals surface area contributed by atoms with Crippen molar-refractivity contribution in [2.45, 2.75) is 24.7 Å². The van der Waals surface area contributed by atoms with Crippen LogP contribution in [0.4, 0.5) is 17.5 Å². The monoisotopic (exact) mass is 453 g/mol. The van der Waals surface area contributed by atoms with Crippen molar-refractivity contribution in [2.24, 2.45) is 5.92 Å². The van der Waals surface area contributed by atoms with E-state index in [9.17, 15) is 15.3 Å². The summed E-state index contributed by atoms with van der Waals surface area (Å²) in [6, 6.07) is 1.34. The van der Waals surface area contributed by atoms with Gasteiger partial charge in [0.2, 0.25) is 5.95 Å². The number of H-pyrrole nitrogens is 1. The number of anilines is 3. The Hall–Kier alpha value is -3.32. The van der Waals surface area contributed by atoms with E-state index in [-0.39, 0.29) is 6.61 Å². The molecule has 5 rings (SSSR count). The molecule has 12 heteroatoms. The third kappa shape index (κ3) is 3.96. The fourth-order valence-electron chi connectivity index (χ4n) is 3.75. The third-order valence-corrected chi connectivity index (χ3v) is 6.47. The van der Waals surface area contributed by atoms with Crippen LogP contribution in [0.15, 0.2) is 43.4 Å². The van der Waals surface area contributed by atoms with E-state index in [0.29, 0.717) is 34.4 Å². The summed E-state index contributed by atoms with van der Waals surface area (Å²) in [4.78, 5) is 24.7. The van der Waals surface area contributed by atoms with Gasteiger partial charge in [0.05, 0.1) is 27.9 Å². The number of aliphatic hydroxyl groups excluding tert-OH is 3. The molecule has 11 nitrogen and oxygen atoms in total. The zero-order valence-electron chi connectivity index (χ0n) is 16.8. The number of fused-ring (bicyclic) bond motifs is 1. The molecular formula is C20H21N8O3S+. The highest BCUT2D eigenvalue weighted by molar-refractivity contribution is 7.21. The average Bonchev–Trinajstić information content (AvgIpc) is 3.36. The smallest absolute Gasteiger partial charge is 0.284 e. The summed E-state index contributed by atoms with van der Waals surface area (Å²) < 4.78 is 0.929. The first kappa shape index (κ1) is 20.6. The number of aromatic nitrogens is 6. The van der Waals surface area contributed by atoms with Crippen LogP contribution in [-0.4, -0.2) is 65.1 Å². The van der Waals surface area contributed by atoms with Crippen molar-refractivity contribution in [1.29, 1.82) is 0 Å². The van der Waals surface area contributed by atoms with Gasteiger partial charge in [0, 0.05) is 31.1 Å². The van der Waals surface area contributed by atoms with Crippen molar-refractivity contribution in [3.63, 3.8) is 0 Å². The van der Waals surface area contributed by atoms with E-state index >= 15 is 0 Å². The van der Waals surface area contributed by atoms with Crippen molar-refractivity contribution < 1.29 is 20.3 Å². The second-order valence-corrected chi connectivity index (χ2v) is 8.56. The summed E-state index contributed by atoms with van der Waals surface area (Å²) >= 11 is 1.46. The number of aliphatic hydroxyl groups is 3. The van der Waals surface area contributed by atoms with E-state index in [1.165, 1.54) is 11.3 Å². The van der Waals surface area contributed by atoms with Gasteiger partial charge in [-0.2, -0.15) is 4.98 Å². The van der Waals surface area contributed by atoms with Crippen LogP contribution >= 0.6 is 11.3 Å². The molecule has 4 aromatic heterocycles. The molecule has 0 saturated heterocycles. The maximum Gasteiger partial charge on any atom is 0.284 e. The molecule has 4 atom stereocenters. The van der Waals surface area contributed by atoms with Crippen LogP contribution in [0, 0.1) is 5.92 Å². The number of nitrogens with zero attached hydrogens (tertiary/aromatic N) is 5. The molecule has 1 aliphatic rings. The molecule has 32 heavy (non-hydrogen) atoms. The highest BCUT2D eigenvalue weighted by Gasteiger charge is 2.41. The van der Waals surface area contributed by atoms with Crippen LogP contribution in [0.5, 0.6) is 0 Å². The highest BCUT2D eigenvalue weighted by Crippen LogP contribution is 2.36. The first-order valence-electron chi connectivity index (χ1n) is 10.0. The standard InChI is InChI=1S/C20H20N8O3S/c29-8-10-3-14(17(31)16(10)30)26-18-12(19-27-13-1-2-21-7-15(13)32-19)6-24-20(28-18)25-11-4-22-9-23-5-11/h1-2,4-7,9-10,14,16-17,29-31H,3,8H2,(H2,24,25,26,28)/p+1/t10-,14-,16-,17+/m1/s1. The molecule has 1 aliphatic carbocycles. The van der Waals surface area contributed by atoms with Crippen molar-refractivity contribution in [2.75, 3.05) is 17.2 Å². The van der Waals surface area contributed by atoms with Crippen LogP contribution < -0.4 is 15.6 Å². The van der Waals surface area contributed by atoms with Gasteiger partial charge in [0.15, 0.2) is 6.20 Å². The lowest BCUT2D eigenvalue weighted by atomic mass is 10.1. The van der Waals surface area contributed by atoms with E-state index in [2.05, 4.69) is 40.5 Å². The van der Waals surface area contributed by atoms with Crippen LogP contribution in [0.2, 0.25) is 0 Å². The Kier molecular flexibility index (Phi) is 5.57. The first-order valence-corrected chi connectivity index (χ1v) is 10.8. The van der Waals surface area contributed by atoms with E-state index < -0.39 is 24.2 Å². The zero-order valence-corrected chi connectivity index (χ0v) is 17.6. The minimum absolute atomic E-state index is 0.206. The Labute approximate surface area is 186 Å². The lowest BCUT2D eigenvalue weighted by Crippen LogP contribution is -2.35. The highest BCUT2D eigenvalue weighted by atomic mass is 32.1. The van der Waals surface area contributed by atoms with E-state index in [0.717, 1.165) is 10.2 Å². The van der Waals surface area contributed by atoms with Gasteiger partial charge in [-0.05, 0) is 12.5 Å². The van der Waals surface area contributed by atoms with E-state index in [1.807, 2.05) is 6.07 Å². The van der Waals surface area contributed by atoms with Gasteiger partial charge in [0.25, 0.3) is 6.33 Å². The predicted molar refractivity (Wildman–Crippen MR) is 117 cm³/mol. The molecule has 0 radical (unpaired) electrons. The van der Waals surface area contributed by atoms with Crippen LogP contribution in [0.3, 0.4) is 0 Å². The molecular weight excluding hydrogens is 432 g/mol. The van der Waals surface area contributed by atoms with Crippen molar-refractivity contribution in [1.82, 2.24) is 24.9 Å². The lowest BCUT2D eigenvalue weighted by molar-refractivity contribution is -0.381.